The van der Waals surface area contributed by atoms with Crippen LogP contribution >= 0.6 is 0 Å². The molecular weight excluding hydrogens is 286 g/mol. The molecule has 3 nitrogen and oxygen atoms in total. The maximum atomic E-state index is 12.3. The van der Waals surface area contributed by atoms with Gasteiger partial charge in [0.2, 0.25) is 5.91 Å². The van der Waals surface area contributed by atoms with Crippen LogP contribution in [0.25, 0.3) is 6.08 Å². The SMILES string of the molecule is C=CC(N)=O.CC1(C)C2CCC1(C=Cc1ccccc1)C(=O)C2. The number of hydrogen-bond donors (Lipinski definition) is 1. The topological polar surface area (TPSA) is 60.2 Å². The summed E-state index contributed by atoms with van der Waals surface area (Å²) >= 11 is 0. The number of amides is 1. The molecule has 0 saturated heterocycles. The second-order valence-electron chi connectivity index (χ2n) is 6.91. The van der Waals surface area contributed by atoms with E-state index < -0.39 is 5.91 Å². The van der Waals surface area contributed by atoms with Crippen molar-refractivity contribution >= 4 is 17.8 Å². The highest BCUT2D eigenvalue weighted by molar-refractivity contribution is 5.92. The van der Waals surface area contributed by atoms with Gasteiger partial charge in [-0.15, -0.1) is 0 Å². The van der Waals surface area contributed by atoms with Gasteiger partial charge in [-0.05, 0) is 35.8 Å². The van der Waals surface area contributed by atoms with E-state index in [1.807, 2.05) is 18.2 Å². The van der Waals surface area contributed by atoms with Gasteiger partial charge in [0, 0.05) is 6.42 Å². The van der Waals surface area contributed by atoms with E-state index in [-0.39, 0.29) is 10.8 Å². The molecule has 1 aromatic carbocycles. The summed E-state index contributed by atoms with van der Waals surface area (Å²) in [6, 6.07) is 10.3. The van der Waals surface area contributed by atoms with Crippen LogP contribution in [0.4, 0.5) is 0 Å². The number of rotatable bonds is 3. The average Bonchev–Trinajstić information content (AvgIpc) is 2.89. The molecule has 2 aliphatic rings. The number of ketones is 1. The molecule has 2 bridgehead atoms. The van der Waals surface area contributed by atoms with Crippen molar-refractivity contribution in [3.8, 4) is 0 Å². The van der Waals surface area contributed by atoms with Gasteiger partial charge in [0.15, 0.2) is 0 Å². The van der Waals surface area contributed by atoms with Crippen LogP contribution in [0.1, 0.15) is 38.7 Å². The van der Waals surface area contributed by atoms with Crippen molar-refractivity contribution in [1.82, 2.24) is 0 Å². The van der Waals surface area contributed by atoms with Crippen molar-refractivity contribution in [2.24, 2.45) is 22.5 Å². The average molecular weight is 311 g/mol. The molecule has 1 amide bonds. The summed E-state index contributed by atoms with van der Waals surface area (Å²) in [5.74, 6) is 0.561. The normalized spacial score (nSPS) is 27.6. The first-order valence-electron chi connectivity index (χ1n) is 8.03. The number of carbonyl (C=O) groups excluding carboxylic acids is 2. The Kier molecular flexibility index (Phi) is 4.88. The lowest BCUT2D eigenvalue weighted by Crippen LogP contribution is -2.33. The molecule has 0 aromatic heterocycles. The molecule has 0 heterocycles. The predicted octanol–water partition coefficient (Wildman–Crippen LogP) is 3.75. The first-order chi connectivity index (χ1) is 10.8. The van der Waals surface area contributed by atoms with Crippen molar-refractivity contribution < 1.29 is 9.59 Å². The molecule has 3 rings (SSSR count). The minimum Gasteiger partial charge on any atom is -0.366 e. The van der Waals surface area contributed by atoms with E-state index in [1.54, 1.807) is 0 Å². The third kappa shape index (κ3) is 3.14. The second-order valence-corrected chi connectivity index (χ2v) is 6.91. The summed E-state index contributed by atoms with van der Waals surface area (Å²) in [5, 5.41) is 0. The van der Waals surface area contributed by atoms with Gasteiger partial charge in [-0.3, -0.25) is 9.59 Å². The van der Waals surface area contributed by atoms with E-state index in [9.17, 15) is 9.59 Å². The maximum absolute atomic E-state index is 12.3. The molecule has 1 aromatic rings. The summed E-state index contributed by atoms with van der Waals surface area (Å²) in [5.41, 5.74) is 5.65. The van der Waals surface area contributed by atoms with Crippen LogP contribution in [0, 0.1) is 16.7 Å². The number of hydrogen-bond acceptors (Lipinski definition) is 2. The van der Waals surface area contributed by atoms with Crippen molar-refractivity contribution in [2.45, 2.75) is 33.1 Å². The Balaban J connectivity index is 0.000000338. The minimum atomic E-state index is -0.481. The predicted molar refractivity (Wildman–Crippen MR) is 93.4 cm³/mol. The van der Waals surface area contributed by atoms with E-state index in [2.05, 4.69) is 50.4 Å². The number of nitrogens with two attached hydrogens (primary N) is 1. The van der Waals surface area contributed by atoms with E-state index >= 15 is 0 Å². The molecule has 2 unspecified atom stereocenters. The smallest absolute Gasteiger partial charge is 0.240 e. The highest BCUT2D eigenvalue weighted by atomic mass is 16.1. The Morgan fingerprint density at radius 2 is 1.91 bits per heavy atom. The van der Waals surface area contributed by atoms with Crippen LogP contribution < -0.4 is 5.73 Å². The minimum absolute atomic E-state index is 0.134. The zero-order valence-electron chi connectivity index (χ0n) is 13.9. The highest BCUT2D eigenvalue weighted by Crippen LogP contribution is 2.64. The fourth-order valence-corrected chi connectivity index (χ4v) is 3.90. The van der Waals surface area contributed by atoms with Gasteiger partial charge >= 0.3 is 0 Å². The Morgan fingerprint density at radius 1 is 1.30 bits per heavy atom. The number of fused-ring (bicyclic) bond motifs is 2. The molecule has 2 N–H and O–H groups in total. The number of Topliss-reactive ketones (excluding diaryl/α,β-unsaturated/α-hetero) is 1. The van der Waals surface area contributed by atoms with Crippen LogP contribution in [0.2, 0.25) is 0 Å². The van der Waals surface area contributed by atoms with E-state index in [0.717, 1.165) is 18.9 Å². The van der Waals surface area contributed by atoms with Gasteiger partial charge in [0.25, 0.3) is 0 Å². The molecule has 0 aliphatic heterocycles. The van der Waals surface area contributed by atoms with E-state index in [1.165, 1.54) is 12.0 Å². The highest BCUT2D eigenvalue weighted by Gasteiger charge is 2.62. The quantitative estimate of drug-likeness (QED) is 0.864. The van der Waals surface area contributed by atoms with Gasteiger partial charge in [-0.2, -0.15) is 0 Å². The van der Waals surface area contributed by atoms with Crippen LogP contribution in [0.15, 0.2) is 49.1 Å². The Bertz CT molecular complexity index is 630. The molecule has 3 heteroatoms. The van der Waals surface area contributed by atoms with Crippen molar-refractivity contribution in [1.29, 1.82) is 0 Å². The fraction of sp³-hybridized carbons (Fsp3) is 0.400. The molecule has 23 heavy (non-hydrogen) atoms. The van der Waals surface area contributed by atoms with Crippen LogP contribution in [-0.4, -0.2) is 11.7 Å². The van der Waals surface area contributed by atoms with Gasteiger partial charge in [0.1, 0.15) is 5.78 Å². The third-order valence-electron chi connectivity index (χ3n) is 5.55. The molecule has 0 spiro atoms. The largest absolute Gasteiger partial charge is 0.366 e. The van der Waals surface area contributed by atoms with Gasteiger partial charge in [0.05, 0.1) is 5.41 Å². The van der Waals surface area contributed by atoms with Crippen LogP contribution in [-0.2, 0) is 9.59 Å². The number of primary amides is 1. The number of carbonyl (C=O) groups is 2. The summed E-state index contributed by atoms with van der Waals surface area (Å²) < 4.78 is 0. The summed E-state index contributed by atoms with van der Waals surface area (Å²) in [7, 11) is 0. The Hall–Kier alpha value is -2.16. The lowest BCUT2D eigenvalue weighted by molar-refractivity contribution is -0.126. The molecule has 2 aliphatic carbocycles. The zero-order chi connectivity index (χ0) is 17.1. The zero-order valence-corrected chi connectivity index (χ0v) is 13.9. The summed E-state index contributed by atoms with van der Waals surface area (Å²) in [4.78, 5) is 21.8. The van der Waals surface area contributed by atoms with Gasteiger partial charge < -0.3 is 5.73 Å². The van der Waals surface area contributed by atoms with Crippen molar-refractivity contribution in [2.75, 3.05) is 0 Å². The lowest BCUT2D eigenvalue weighted by atomic mass is 9.68. The van der Waals surface area contributed by atoms with Crippen molar-refractivity contribution in [3.05, 3.63) is 54.6 Å². The number of allylic oxidation sites excluding steroid dienone is 1. The Labute approximate surface area is 138 Å². The lowest BCUT2D eigenvalue weighted by Gasteiger charge is -2.33. The fourth-order valence-electron chi connectivity index (χ4n) is 3.90. The molecule has 2 saturated carbocycles. The van der Waals surface area contributed by atoms with E-state index in [0.29, 0.717) is 11.7 Å². The molecular formula is C20H25NO2. The molecule has 2 fully saturated rings. The van der Waals surface area contributed by atoms with Gasteiger partial charge in [-0.1, -0.05) is 62.9 Å². The molecule has 122 valence electrons. The summed E-state index contributed by atoms with van der Waals surface area (Å²) in [6.07, 6.45) is 8.40. The van der Waals surface area contributed by atoms with E-state index in [4.69, 9.17) is 0 Å². The van der Waals surface area contributed by atoms with Crippen molar-refractivity contribution in [3.63, 3.8) is 0 Å². The number of benzene rings is 1. The molecule has 0 radical (unpaired) electrons. The first kappa shape index (κ1) is 17.2. The monoisotopic (exact) mass is 311 g/mol. The standard InChI is InChI=1S/C17H20O.C3H5NO/c1-16(2)14-9-11-17(16,15(18)12-14)10-8-13-6-4-3-5-7-13;1-2-3(4)5/h3-8,10,14H,9,11-12H2,1-2H3;2H,1H2,(H2,4,5). The van der Waals surface area contributed by atoms with Gasteiger partial charge in [-0.25, -0.2) is 0 Å². The first-order valence-corrected chi connectivity index (χ1v) is 8.03. The van der Waals surface area contributed by atoms with Crippen LogP contribution in [0.5, 0.6) is 0 Å². The molecule has 2 atom stereocenters. The Morgan fingerprint density at radius 3 is 2.35 bits per heavy atom. The second kappa shape index (κ2) is 6.53. The third-order valence-corrected chi connectivity index (χ3v) is 5.55. The summed E-state index contributed by atoms with van der Waals surface area (Å²) in [6.45, 7) is 7.62. The van der Waals surface area contributed by atoms with Crippen LogP contribution in [0.3, 0.4) is 0 Å². The maximum Gasteiger partial charge on any atom is 0.240 e.